The fourth-order valence-corrected chi connectivity index (χ4v) is 1.69. The van der Waals surface area contributed by atoms with Gasteiger partial charge in [-0.05, 0) is 35.2 Å². The molecule has 0 unspecified atom stereocenters. The van der Waals surface area contributed by atoms with Crippen LogP contribution in [0.25, 0.3) is 0 Å². The Morgan fingerprint density at radius 3 is 2.29 bits per heavy atom. The van der Waals surface area contributed by atoms with E-state index in [-0.39, 0.29) is 5.41 Å². The molecule has 90 valence electrons. The number of nitrogens with one attached hydrogen (secondary N) is 1. The molecule has 0 spiro atoms. The standard InChI is InChI=1S/C15H19NO/c1-15(2,3)12-6-8-13(9-7-12)16-11-14-5-4-10-17-14/h4-10,16H,11H2,1-3H3. The van der Waals surface area contributed by atoms with Crippen molar-refractivity contribution in [3.8, 4) is 0 Å². The quantitative estimate of drug-likeness (QED) is 0.853. The smallest absolute Gasteiger partial charge is 0.122 e. The summed E-state index contributed by atoms with van der Waals surface area (Å²) >= 11 is 0. The molecule has 0 saturated carbocycles. The van der Waals surface area contributed by atoms with E-state index >= 15 is 0 Å². The monoisotopic (exact) mass is 229 g/mol. The maximum absolute atomic E-state index is 5.27. The van der Waals surface area contributed by atoms with E-state index in [0.717, 1.165) is 18.0 Å². The Hall–Kier alpha value is -1.70. The highest BCUT2D eigenvalue weighted by molar-refractivity contribution is 5.45. The molecule has 2 heteroatoms. The van der Waals surface area contributed by atoms with Crippen LogP contribution < -0.4 is 5.32 Å². The lowest BCUT2D eigenvalue weighted by Crippen LogP contribution is -2.10. The number of furan rings is 1. The van der Waals surface area contributed by atoms with Gasteiger partial charge < -0.3 is 9.73 Å². The highest BCUT2D eigenvalue weighted by Gasteiger charge is 2.12. The molecule has 1 heterocycles. The van der Waals surface area contributed by atoms with Crippen LogP contribution in [0.15, 0.2) is 47.1 Å². The first-order valence-corrected chi connectivity index (χ1v) is 5.92. The second-order valence-electron chi connectivity index (χ2n) is 5.26. The summed E-state index contributed by atoms with van der Waals surface area (Å²) in [5.74, 6) is 0.949. The van der Waals surface area contributed by atoms with Gasteiger partial charge in [0.05, 0.1) is 12.8 Å². The van der Waals surface area contributed by atoms with E-state index in [1.807, 2.05) is 12.1 Å². The molecule has 0 fully saturated rings. The second kappa shape index (κ2) is 4.66. The molecule has 17 heavy (non-hydrogen) atoms. The maximum Gasteiger partial charge on any atom is 0.122 e. The van der Waals surface area contributed by atoms with Crippen LogP contribution in [0.1, 0.15) is 32.1 Å². The van der Waals surface area contributed by atoms with Gasteiger partial charge in [0.25, 0.3) is 0 Å². The van der Waals surface area contributed by atoms with Gasteiger partial charge in [-0.2, -0.15) is 0 Å². The van der Waals surface area contributed by atoms with Crippen LogP contribution in [0.2, 0.25) is 0 Å². The average Bonchev–Trinajstić information content (AvgIpc) is 2.78. The SMILES string of the molecule is CC(C)(C)c1ccc(NCc2ccco2)cc1. The van der Waals surface area contributed by atoms with E-state index in [1.54, 1.807) is 6.26 Å². The third kappa shape index (κ3) is 3.13. The van der Waals surface area contributed by atoms with E-state index in [1.165, 1.54) is 5.56 Å². The van der Waals surface area contributed by atoms with Gasteiger partial charge >= 0.3 is 0 Å². The second-order valence-corrected chi connectivity index (χ2v) is 5.26. The van der Waals surface area contributed by atoms with Crippen molar-refractivity contribution >= 4 is 5.69 Å². The first-order chi connectivity index (χ1) is 8.05. The largest absolute Gasteiger partial charge is 0.467 e. The van der Waals surface area contributed by atoms with Crippen LogP contribution in [0, 0.1) is 0 Å². The molecule has 0 saturated heterocycles. The Morgan fingerprint density at radius 1 is 1.06 bits per heavy atom. The van der Waals surface area contributed by atoms with Gasteiger partial charge in [-0.1, -0.05) is 32.9 Å². The zero-order valence-corrected chi connectivity index (χ0v) is 10.7. The van der Waals surface area contributed by atoms with Crippen molar-refractivity contribution in [1.29, 1.82) is 0 Å². The van der Waals surface area contributed by atoms with Crippen LogP contribution >= 0.6 is 0 Å². The maximum atomic E-state index is 5.27. The number of benzene rings is 1. The Bertz CT molecular complexity index is 449. The van der Waals surface area contributed by atoms with Crippen LogP contribution in [-0.2, 0) is 12.0 Å². The summed E-state index contributed by atoms with van der Waals surface area (Å²) in [4.78, 5) is 0. The predicted molar refractivity (Wildman–Crippen MR) is 71.2 cm³/mol. The first kappa shape index (κ1) is 11.8. The molecule has 0 amide bonds. The summed E-state index contributed by atoms with van der Waals surface area (Å²) in [6, 6.07) is 12.4. The summed E-state index contributed by atoms with van der Waals surface area (Å²) in [6.07, 6.45) is 1.69. The number of hydrogen-bond acceptors (Lipinski definition) is 2. The van der Waals surface area contributed by atoms with E-state index in [9.17, 15) is 0 Å². The molecule has 0 aliphatic carbocycles. The van der Waals surface area contributed by atoms with E-state index in [2.05, 4.69) is 50.4 Å². The molecule has 2 rings (SSSR count). The minimum absolute atomic E-state index is 0.208. The molecule has 0 aliphatic heterocycles. The third-order valence-corrected chi connectivity index (χ3v) is 2.80. The Labute approximate surface area is 103 Å². The van der Waals surface area contributed by atoms with Gasteiger partial charge in [-0.3, -0.25) is 0 Å². The topological polar surface area (TPSA) is 25.2 Å². The summed E-state index contributed by atoms with van der Waals surface area (Å²) in [5.41, 5.74) is 2.68. The molecule has 1 N–H and O–H groups in total. The Balaban J connectivity index is 1.99. The number of rotatable bonds is 3. The molecular formula is C15H19NO. The molecule has 0 aliphatic rings. The minimum atomic E-state index is 0.208. The molecule has 1 aromatic carbocycles. The van der Waals surface area contributed by atoms with Gasteiger partial charge in [-0.25, -0.2) is 0 Å². The number of anilines is 1. The lowest BCUT2D eigenvalue weighted by Gasteiger charge is -2.19. The molecule has 1 aromatic heterocycles. The number of hydrogen-bond donors (Lipinski definition) is 1. The lowest BCUT2D eigenvalue weighted by atomic mass is 9.87. The summed E-state index contributed by atoms with van der Waals surface area (Å²) in [7, 11) is 0. The fourth-order valence-electron chi connectivity index (χ4n) is 1.69. The van der Waals surface area contributed by atoms with E-state index < -0.39 is 0 Å². The van der Waals surface area contributed by atoms with Crippen LogP contribution in [-0.4, -0.2) is 0 Å². The lowest BCUT2D eigenvalue weighted by molar-refractivity contribution is 0.518. The van der Waals surface area contributed by atoms with Crippen LogP contribution in [0.5, 0.6) is 0 Å². The van der Waals surface area contributed by atoms with Crippen molar-refractivity contribution in [2.45, 2.75) is 32.7 Å². The van der Waals surface area contributed by atoms with Gasteiger partial charge in [-0.15, -0.1) is 0 Å². The van der Waals surface area contributed by atoms with Crippen molar-refractivity contribution in [1.82, 2.24) is 0 Å². The van der Waals surface area contributed by atoms with Crippen molar-refractivity contribution in [2.75, 3.05) is 5.32 Å². The summed E-state index contributed by atoms with van der Waals surface area (Å²) in [6.45, 7) is 7.39. The zero-order chi connectivity index (χ0) is 12.3. The highest BCUT2D eigenvalue weighted by atomic mass is 16.3. The van der Waals surface area contributed by atoms with Gasteiger partial charge in [0.15, 0.2) is 0 Å². The molecule has 0 atom stereocenters. The molecule has 2 aromatic rings. The van der Waals surface area contributed by atoms with E-state index in [0.29, 0.717) is 0 Å². The van der Waals surface area contributed by atoms with Crippen LogP contribution in [0.3, 0.4) is 0 Å². The third-order valence-electron chi connectivity index (χ3n) is 2.80. The molecule has 0 bridgehead atoms. The molecule has 0 radical (unpaired) electrons. The van der Waals surface area contributed by atoms with Crippen LogP contribution in [0.4, 0.5) is 5.69 Å². The fraction of sp³-hybridized carbons (Fsp3) is 0.333. The summed E-state index contributed by atoms with van der Waals surface area (Å²) < 4.78 is 5.27. The normalized spacial score (nSPS) is 11.5. The van der Waals surface area contributed by atoms with Crippen molar-refractivity contribution in [3.63, 3.8) is 0 Å². The van der Waals surface area contributed by atoms with Gasteiger partial charge in [0.1, 0.15) is 5.76 Å². The van der Waals surface area contributed by atoms with Crippen molar-refractivity contribution in [2.24, 2.45) is 0 Å². The van der Waals surface area contributed by atoms with Crippen molar-refractivity contribution in [3.05, 3.63) is 54.0 Å². The zero-order valence-electron chi connectivity index (χ0n) is 10.7. The average molecular weight is 229 g/mol. The van der Waals surface area contributed by atoms with Crippen molar-refractivity contribution < 1.29 is 4.42 Å². The Kier molecular flexibility index (Phi) is 3.23. The first-order valence-electron chi connectivity index (χ1n) is 5.92. The van der Waals surface area contributed by atoms with Gasteiger partial charge in [0, 0.05) is 5.69 Å². The van der Waals surface area contributed by atoms with E-state index in [4.69, 9.17) is 4.42 Å². The molecular weight excluding hydrogens is 210 g/mol. The summed E-state index contributed by atoms with van der Waals surface area (Å²) in [5, 5.41) is 3.33. The molecule has 2 nitrogen and oxygen atoms in total. The minimum Gasteiger partial charge on any atom is -0.467 e. The van der Waals surface area contributed by atoms with Gasteiger partial charge in [0.2, 0.25) is 0 Å². The Morgan fingerprint density at radius 2 is 1.76 bits per heavy atom. The predicted octanol–water partition coefficient (Wildman–Crippen LogP) is 4.19. The highest BCUT2D eigenvalue weighted by Crippen LogP contribution is 2.23.